The summed E-state index contributed by atoms with van der Waals surface area (Å²) in [6.07, 6.45) is 0.0818. The predicted molar refractivity (Wildman–Crippen MR) is 108 cm³/mol. The van der Waals surface area contributed by atoms with Crippen LogP contribution in [-0.2, 0) is 0 Å². The summed E-state index contributed by atoms with van der Waals surface area (Å²) in [5, 5.41) is 6.62. The minimum atomic E-state index is 0.0818. The molecule has 0 spiro atoms. The molecule has 4 rings (SSSR count). The quantitative estimate of drug-likeness (QED) is 0.639. The van der Waals surface area contributed by atoms with E-state index in [-0.39, 0.29) is 12.9 Å². The van der Waals surface area contributed by atoms with E-state index in [1.54, 1.807) is 0 Å². The molecule has 0 fully saturated rings. The van der Waals surface area contributed by atoms with Crippen molar-refractivity contribution in [2.24, 2.45) is 0 Å². The van der Waals surface area contributed by atoms with Gasteiger partial charge in [0, 0.05) is 17.8 Å². The summed E-state index contributed by atoms with van der Waals surface area (Å²) < 4.78 is 16.6. The summed E-state index contributed by atoms with van der Waals surface area (Å²) in [5.41, 5.74) is 1.71. The number of fused-ring (bicyclic) bond motifs is 1. The number of ether oxygens (including phenoxy) is 3. The van der Waals surface area contributed by atoms with Crippen LogP contribution < -0.4 is 24.8 Å². The summed E-state index contributed by atoms with van der Waals surface area (Å²) in [4.78, 5) is 8.96. The first-order valence-corrected chi connectivity index (χ1v) is 9.12. The van der Waals surface area contributed by atoms with E-state index in [9.17, 15) is 0 Å². The molecule has 2 heterocycles. The van der Waals surface area contributed by atoms with Crippen LogP contribution in [0.1, 0.15) is 19.7 Å². The molecule has 7 heteroatoms. The van der Waals surface area contributed by atoms with Gasteiger partial charge in [-0.1, -0.05) is 12.1 Å². The Labute approximate surface area is 163 Å². The van der Waals surface area contributed by atoms with Gasteiger partial charge in [-0.05, 0) is 45.0 Å². The number of hydrogen-bond acceptors (Lipinski definition) is 7. The largest absolute Gasteiger partial charge is 0.489 e. The number of aromatic nitrogens is 2. The number of para-hydroxylation sites is 2. The molecule has 144 valence electrons. The maximum Gasteiger partial charge on any atom is 0.231 e. The van der Waals surface area contributed by atoms with Crippen molar-refractivity contribution in [3.63, 3.8) is 0 Å². The number of nitrogens with zero attached hydrogens (tertiary/aromatic N) is 2. The van der Waals surface area contributed by atoms with Crippen LogP contribution in [0.4, 0.5) is 23.0 Å². The van der Waals surface area contributed by atoms with Crippen molar-refractivity contribution < 1.29 is 14.2 Å². The molecule has 3 aromatic rings. The van der Waals surface area contributed by atoms with E-state index in [0.29, 0.717) is 23.2 Å². The van der Waals surface area contributed by atoms with Gasteiger partial charge in [-0.2, -0.15) is 0 Å². The molecule has 0 saturated carbocycles. The second kappa shape index (κ2) is 7.64. The SMILES string of the molecule is Cc1nc(Nc2ccc3c(c2)OCO3)cc(Nc2ccccc2OC(C)C)n1. The van der Waals surface area contributed by atoms with Crippen LogP contribution in [0.3, 0.4) is 0 Å². The highest BCUT2D eigenvalue weighted by Crippen LogP contribution is 2.35. The van der Waals surface area contributed by atoms with Crippen molar-refractivity contribution in [1.29, 1.82) is 0 Å². The molecule has 0 atom stereocenters. The Bertz CT molecular complexity index is 991. The first-order chi connectivity index (χ1) is 13.6. The molecule has 0 bridgehead atoms. The summed E-state index contributed by atoms with van der Waals surface area (Å²) in [6.45, 7) is 6.10. The normalized spacial score (nSPS) is 12.1. The average molecular weight is 378 g/mol. The molecule has 1 aliphatic rings. The maximum absolute atomic E-state index is 5.87. The van der Waals surface area contributed by atoms with Crippen molar-refractivity contribution in [3.05, 3.63) is 54.4 Å². The van der Waals surface area contributed by atoms with Crippen molar-refractivity contribution in [2.45, 2.75) is 26.9 Å². The summed E-state index contributed by atoms with van der Waals surface area (Å²) in [7, 11) is 0. The fraction of sp³-hybridized carbons (Fsp3) is 0.238. The van der Waals surface area contributed by atoms with Gasteiger partial charge >= 0.3 is 0 Å². The van der Waals surface area contributed by atoms with Gasteiger partial charge in [-0.25, -0.2) is 9.97 Å². The zero-order valence-electron chi connectivity index (χ0n) is 16.0. The number of rotatable bonds is 6. The van der Waals surface area contributed by atoms with E-state index in [1.807, 2.05) is 69.3 Å². The molecule has 2 aromatic carbocycles. The van der Waals surface area contributed by atoms with Crippen LogP contribution in [0, 0.1) is 6.92 Å². The van der Waals surface area contributed by atoms with Gasteiger partial charge in [0.15, 0.2) is 11.5 Å². The van der Waals surface area contributed by atoms with Crippen molar-refractivity contribution >= 4 is 23.0 Å². The van der Waals surface area contributed by atoms with Crippen molar-refractivity contribution in [3.8, 4) is 17.2 Å². The zero-order valence-corrected chi connectivity index (χ0v) is 16.0. The average Bonchev–Trinajstić information content (AvgIpc) is 3.10. The Morgan fingerprint density at radius 1 is 0.929 bits per heavy atom. The fourth-order valence-electron chi connectivity index (χ4n) is 2.88. The lowest BCUT2D eigenvalue weighted by Crippen LogP contribution is -2.08. The minimum Gasteiger partial charge on any atom is -0.489 e. The lowest BCUT2D eigenvalue weighted by atomic mass is 10.2. The Morgan fingerprint density at radius 2 is 1.68 bits per heavy atom. The van der Waals surface area contributed by atoms with Gasteiger partial charge in [0.05, 0.1) is 11.8 Å². The van der Waals surface area contributed by atoms with Gasteiger partial charge < -0.3 is 24.8 Å². The standard InChI is InChI=1S/C21H22N4O3/c1-13(2)28-17-7-5-4-6-16(17)25-21-11-20(22-14(3)23-21)24-15-8-9-18-19(10-15)27-12-26-18/h4-11,13H,12H2,1-3H3,(H2,22,23,24,25). The van der Waals surface area contributed by atoms with Gasteiger partial charge in [-0.15, -0.1) is 0 Å². The lowest BCUT2D eigenvalue weighted by molar-refractivity contribution is 0.174. The van der Waals surface area contributed by atoms with E-state index in [2.05, 4.69) is 20.6 Å². The third kappa shape index (κ3) is 4.09. The van der Waals surface area contributed by atoms with Gasteiger partial charge in [0.1, 0.15) is 23.2 Å². The Morgan fingerprint density at radius 3 is 2.50 bits per heavy atom. The van der Waals surface area contributed by atoms with E-state index >= 15 is 0 Å². The lowest BCUT2D eigenvalue weighted by Gasteiger charge is -2.16. The minimum absolute atomic E-state index is 0.0818. The highest BCUT2D eigenvalue weighted by atomic mass is 16.7. The number of hydrogen-bond donors (Lipinski definition) is 2. The predicted octanol–water partition coefficient (Wildman–Crippen LogP) is 4.79. The summed E-state index contributed by atoms with van der Waals surface area (Å²) in [5.74, 6) is 4.24. The fourth-order valence-corrected chi connectivity index (χ4v) is 2.88. The monoisotopic (exact) mass is 378 g/mol. The molecule has 0 aliphatic carbocycles. The molecule has 7 nitrogen and oxygen atoms in total. The van der Waals surface area contributed by atoms with Crippen LogP contribution in [-0.4, -0.2) is 22.9 Å². The Balaban J connectivity index is 1.56. The molecular formula is C21H22N4O3. The summed E-state index contributed by atoms with van der Waals surface area (Å²) >= 11 is 0. The summed E-state index contributed by atoms with van der Waals surface area (Å²) in [6, 6.07) is 15.3. The van der Waals surface area contributed by atoms with E-state index in [1.165, 1.54) is 0 Å². The Hall–Kier alpha value is -3.48. The van der Waals surface area contributed by atoms with E-state index in [4.69, 9.17) is 14.2 Å². The molecular weight excluding hydrogens is 356 g/mol. The maximum atomic E-state index is 5.87. The van der Waals surface area contributed by atoms with Crippen molar-refractivity contribution in [1.82, 2.24) is 9.97 Å². The third-order valence-corrected chi connectivity index (χ3v) is 4.00. The van der Waals surface area contributed by atoms with Crippen LogP contribution in [0.5, 0.6) is 17.2 Å². The smallest absolute Gasteiger partial charge is 0.231 e. The van der Waals surface area contributed by atoms with Crippen LogP contribution >= 0.6 is 0 Å². The van der Waals surface area contributed by atoms with Gasteiger partial charge in [0.2, 0.25) is 6.79 Å². The molecule has 1 aliphatic heterocycles. The molecule has 28 heavy (non-hydrogen) atoms. The number of aryl methyl sites for hydroxylation is 1. The first kappa shape index (κ1) is 17.9. The number of anilines is 4. The van der Waals surface area contributed by atoms with Gasteiger partial charge in [0.25, 0.3) is 0 Å². The highest BCUT2D eigenvalue weighted by molar-refractivity contribution is 5.68. The second-order valence-electron chi connectivity index (χ2n) is 6.67. The topological polar surface area (TPSA) is 77.5 Å². The number of nitrogens with one attached hydrogen (secondary N) is 2. The van der Waals surface area contributed by atoms with E-state index < -0.39 is 0 Å². The zero-order chi connectivity index (χ0) is 19.5. The molecule has 0 saturated heterocycles. The highest BCUT2D eigenvalue weighted by Gasteiger charge is 2.14. The second-order valence-corrected chi connectivity index (χ2v) is 6.67. The molecule has 2 N–H and O–H groups in total. The van der Waals surface area contributed by atoms with E-state index in [0.717, 1.165) is 22.9 Å². The van der Waals surface area contributed by atoms with Crippen LogP contribution in [0.2, 0.25) is 0 Å². The molecule has 0 unspecified atom stereocenters. The van der Waals surface area contributed by atoms with Crippen molar-refractivity contribution in [2.75, 3.05) is 17.4 Å². The molecule has 0 radical (unpaired) electrons. The van der Waals surface area contributed by atoms with Crippen LogP contribution in [0.15, 0.2) is 48.5 Å². The molecule has 0 amide bonds. The molecule has 1 aromatic heterocycles. The third-order valence-electron chi connectivity index (χ3n) is 4.00. The van der Waals surface area contributed by atoms with Gasteiger partial charge in [-0.3, -0.25) is 0 Å². The number of benzene rings is 2. The van der Waals surface area contributed by atoms with Crippen LogP contribution in [0.25, 0.3) is 0 Å². The first-order valence-electron chi connectivity index (χ1n) is 9.12. The Kier molecular flexibility index (Phi) is 4.89.